The van der Waals surface area contributed by atoms with Crippen molar-refractivity contribution in [3.63, 3.8) is 0 Å². The summed E-state index contributed by atoms with van der Waals surface area (Å²) in [4.78, 5) is 24.4. The smallest absolute Gasteiger partial charge is 0.310 e. The van der Waals surface area contributed by atoms with E-state index in [4.69, 9.17) is 13.9 Å². The summed E-state index contributed by atoms with van der Waals surface area (Å²) in [7, 11) is 4.28. The van der Waals surface area contributed by atoms with Gasteiger partial charge < -0.3 is 23.7 Å². The molecule has 0 saturated carbocycles. The lowest BCUT2D eigenvalue weighted by Gasteiger charge is -2.11. The zero-order valence-corrected chi connectivity index (χ0v) is 15.1. The summed E-state index contributed by atoms with van der Waals surface area (Å²) in [5.74, 6) is 0.654. The van der Waals surface area contributed by atoms with Crippen molar-refractivity contribution >= 4 is 16.9 Å². The van der Waals surface area contributed by atoms with Crippen LogP contribution in [-0.4, -0.2) is 32.4 Å². The van der Waals surface area contributed by atoms with Gasteiger partial charge >= 0.3 is 5.97 Å². The molecular formula is C20H18O7. The van der Waals surface area contributed by atoms with Crippen molar-refractivity contribution in [3.05, 3.63) is 52.2 Å². The van der Waals surface area contributed by atoms with E-state index in [-0.39, 0.29) is 34.3 Å². The molecule has 0 atom stereocenters. The van der Waals surface area contributed by atoms with E-state index in [2.05, 4.69) is 4.74 Å². The zero-order valence-electron chi connectivity index (χ0n) is 15.1. The molecule has 0 unspecified atom stereocenters. The molecule has 0 radical (unpaired) electrons. The van der Waals surface area contributed by atoms with E-state index in [0.717, 1.165) is 0 Å². The second kappa shape index (κ2) is 7.41. The Morgan fingerprint density at radius 3 is 2.52 bits per heavy atom. The number of hydrogen-bond acceptors (Lipinski definition) is 7. The molecule has 3 rings (SSSR count). The lowest BCUT2D eigenvalue weighted by molar-refractivity contribution is -0.139. The number of esters is 1. The van der Waals surface area contributed by atoms with Gasteiger partial charge in [-0.2, -0.15) is 0 Å². The second-order valence-electron chi connectivity index (χ2n) is 5.77. The second-order valence-corrected chi connectivity index (χ2v) is 5.77. The molecule has 1 heterocycles. The third-order valence-corrected chi connectivity index (χ3v) is 4.13. The van der Waals surface area contributed by atoms with Crippen LogP contribution in [0.15, 0.2) is 45.6 Å². The van der Waals surface area contributed by atoms with Gasteiger partial charge in [-0.25, -0.2) is 0 Å². The summed E-state index contributed by atoms with van der Waals surface area (Å²) < 4.78 is 21.1. The molecule has 7 heteroatoms. The van der Waals surface area contributed by atoms with Crippen molar-refractivity contribution in [2.45, 2.75) is 6.42 Å². The topological polar surface area (TPSA) is 95.2 Å². The van der Waals surface area contributed by atoms with Gasteiger partial charge in [0.1, 0.15) is 28.6 Å². The van der Waals surface area contributed by atoms with E-state index in [1.54, 1.807) is 18.2 Å². The Labute approximate surface area is 154 Å². The predicted octanol–water partition coefficient (Wildman–Crippen LogP) is 2.90. The van der Waals surface area contributed by atoms with Gasteiger partial charge in [0.2, 0.25) is 0 Å². The summed E-state index contributed by atoms with van der Waals surface area (Å²) in [6, 6.07) is 9.10. The number of benzene rings is 2. The summed E-state index contributed by atoms with van der Waals surface area (Å²) in [5.41, 5.74) is 0.653. The molecule has 1 N–H and O–H groups in total. The van der Waals surface area contributed by atoms with Crippen LogP contribution in [-0.2, 0) is 16.0 Å². The van der Waals surface area contributed by atoms with Crippen molar-refractivity contribution in [1.82, 2.24) is 0 Å². The molecule has 0 saturated heterocycles. The van der Waals surface area contributed by atoms with E-state index in [9.17, 15) is 14.7 Å². The normalized spacial score (nSPS) is 10.6. The largest absolute Gasteiger partial charge is 0.508 e. The zero-order chi connectivity index (χ0) is 19.6. The molecule has 0 amide bonds. The van der Waals surface area contributed by atoms with Crippen molar-refractivity contribution in [2.24, 2.45) is 0 Å². The monoisotopic (exact) mass is 370 g/mol. The highest BCUT2D eigenvalue weighted by atomic mass is 16.5. The number of aromatic hydroxyl groups is 1. The summed E-state index contributed by atoms with van der Waals surface area (Å²) in [6.07, 6.45) is -0.159. The van der Waals surface area contributed by atoms with Gasteiger partial charge in [-0.3, -0.25) is 9.59 Å². The Morgan fingerprint density at radius 2 is 1.85 bits per heavy atom. The highest BCUT2D eigenvalue weighted by Crippen LogP contribution is 2.35. The lowest BCUT2D eigenvalue weighted by atomic mass is 10.0. The number of hydrogen-bond donors (Lipinski definition) is 1. The Hall–Kier alpha value is -3.48. The first-order chi connectivity index (χ1) is 13.0. The molecule has 0 aliphatic rings. The Morgan fingerprint density at radius 1 is 1.07 bits per heavy atom. The van der Waals surface area contributed by atoms with Crippen molar-refractivity contribution in [2.75, 3.05) is 21.3 Å². The average molecular weight is 370 g/mol. The van der Waals surface area contributed by atoms with Crippen molar-refractivity contribution < 1.29 is 28.5 Å². The van der Waals surface area contributed by atoms with Crippen LogP contribution in [0, 0.1) is 0 Å². The first-order valence-corrected chi connectivity index (χ1v) is 8.05. The number of carbonyl (C=O) groups excluding carboxylic acids is 1. The summed E-state index contributed by atoms with van der Waals surface area (Å²) >= 11 is 0. The minimum atomic E-state index is -0.528. The molecular weight excluding hydrogens is 352 g/mol. The maximum Gasteiger partial charge on any atom is 0.310 e. The molecule has 0 fully saturated rings. The highest BCUT2D eigenvalue weighted by Gasteiger charge is 2.17. The third kappa shape index (κ3) is 3.57. The number of rotatable bonds is 5. The van der Waals surface area contributed by atoms with E-state index >= 15 is 0 Å². The number of phenolic OH excluding ortho intramolecular Hbond substituents is 1. The van der Waals surface area contributed by atoms with Crippen LogP contribution in [0.1, 0.15) is 5.56 Å². The van der Waals surface area contributed by atoms with Gasteiger partial charge in [-0.05, 0) is 29.8 Å². The first kappa shape index (κ1) is 18.3. The molecule has 0 bridgehead atoms. The van der Waals surface area contributed by atoms with Crippen molar-refractivity contribution in [1.29, 1.82) is 0 Å². The highest BCUT2D eigenvalue weighted by molar-refractivity contribution is 5.88. The van der Waals surface area contributed by atoms with Gasteiger partial charge in [-0.15, -0.1) is 0 Å². The van der Waals surface area contributed by atoms with Crippen LogP contribution in [0.3, 0.4) is 0 Å². The average Bonchev–Trinajstić information content (AvgIpc) is 2.66. The summed E-state index contributed by atoms with van der Waals surface area (Å²) in [6.45, 7) is 0. The number of phenols is 1. The fourth-order valence-electron chi connectivity index (χ4n) is 2.86. The molecule has 140 valence electrons. The molecule has 1 aromatic heterocycles. The Bertz CT molecular complexity index is 1070. The Balaban J connectivity index is 2.24. The molecule has 3 aromatic rings. The quantitative estimate of drug-likeness (QED) is 0.690. The number of carbonyl (C=O) groups is 1. The SMILES string of the molecule is COC(=O)Cc1cc(O)cc2oc(-c3cc(OC)ccc3OC)cc(=O)c12. The van der Waals surface area contributed by atoms with Gasteiger partial charge in [0.25, 0.3) is 0 Å². The molecule has 0 aliphatic heterocycles. The fraction of sp³-hybridized carbons (Fsp3) is 0.200. The summed E-state index contributed by atoms with van der Waals surface area (Å²) in [5, 5.41) is 10.2. The van der Waals surface area contributed by atoms with Crippen LogP contribution in [0.4, 0.5) is 0 Å². The van der Waals surface area contributed by atoms with E-state index in [1.807, 2.05) is 0 Å². The number of methoxy groups -OCH3 is 3. The van der Waals surface area contributed by atoms with Crippen LogP contribution in [0.25, 0.3) is 22.3 Å². The molecule has 0 aliphatic carbocycles. The number of fused-ring (bicyclic) bond motifs is 1. The maximum atomic E-state index is 12.8. The van der Waals surface area contributed by atoms with Crippen molar-refractivity contribution in [3.8, 4) is 28.6 Å². The predicted molar refractivity (Wildman–Crippen MR) is 98.4 cm³/mol. The molecule has 0 spiro atoms. The van der Waals surface area contributed by atoms with E-state index in [0.29, 0.717) is 22.6 Å². The van der Waals surface area contributed by atoms with Crippen LogP contribution in [0.5, 0.6) is 17.2 Å². The Kier molecular flexibility index (Phi) is 5.03. The van der Waals surface area contributed by atoms with Crippen LogP contribution in [0.2, 0.25) is 0 Å². The van der Waals surface area contributed by atoms with Crippen LogP contribution < -0.4 is 14.9 Å². The van der Waals surface area contributed by atoms with Gasteiger partial charge in [-0.1, -0.05) is 0 Å². The molecule has 2 aromatic carbocycles. The maximum absolute atomic E-state index is 12.8. The minimum absolute atomic E-state index is 0.126. The van der Waals surface area contributed by atoms with E-state index in [1.165, 1.54) is 39.5 Å². The third-order valence-electron chi connectivity index (χ3n) is 4.13. The van der Waals surface area contributed by atoms with Crippen LogP contribution >= 0.6 is 0 Å². The molecule has 7 nitrogen and oxygen atoms in total. The first-order valence-electron chi connectivity index (χ1n) is 8.05. The molecule has 27 heavy (non-hydrogen) atoms. The van der Waals surface area contributed by atoms with Gasteiger partial charge in [0.15, 0.2) is 5.43 Å². The van der Waals surface area contributed by atoms with E-state index < -0.39 is 5.97 Å². The minimum Gasteiger partial charge on any atom is -0.508 e. The lowest BCUT2D eigenvalue weighted by Crippen LogP contribution is -2.09. The number of ether oxygens (including phenoxy) is 3. The van der Waals surface area contributed by atoms with Gasteiger partial charge in [0, 0.05) is 12.1 Å². The standard InChI is InChI=1S/C20H18O7/c1-24-13-4-5-16(25-2)14(9-13)17-10-15(22)20-11(7-19(23)26-3)6-12(21)8-18(20)27-17/h4-6,8-10,21H,7H2,1-3H3. The fourth-order valence-corrected chi connectivity index (χ4v) is 2.86. The van der Waals surface area contributed by atoms with Gasteiger partial charge in [0.05, 0.1) is 38.7 Å².